The average Bonchev–Trinajstić information content (AvgIpc) is 3.39. The van der Waals surface area contributed by atoms with Gasteiger partial charge >= 0.3 is 0 Å². The molecule has 0 N–H and O–H groups in total. The second-order valence-corrected chi connectivity index (χ2v) is 18.6. The molecule has 4 aromatic heterocycles. The minimum atomic E-state index is -2.32. The standard InChI is InChI=1S/C22H21N2O.C16H20NSi.Ir/c1-14-8-9-17-16-6-5-7-18(20(16)25-21(17)24-14)19-12-15(10-11-23-19)13-22(2,3)4;1-13-5-8-15(9-6-13)16-10-7-14(11-17-16)12-18(2,3)4;/h5-6,8-12H,13H2,1-4H3;5-8,10-11H,12H2,1-4H3;/q2*-1;/i1D3,13D2;;. The van der Waals surface area contributed by atoms with E-state index in [1.54, 1.807) is 30.5 Å². The van der Waals surface area contributed by atoms with Crippen molar-refractivity contribution in [3.05, 3.63) is 114 Å². The Morgan fingerprint density at radius 2 is 1.73 bits per heavy atom. The molecular formula is C38H41IrN3OSi-2. The zero-order valence-electron chi connectivity index (χ0n) is 31.3. The van der Waals surface area contributed by atoms with Crippen molar-refractivity contribution in [3.8, 4) is 22.5 Å². The van der Waals surface area contributed by atoms with Crippen LogP contribution in [0, 0.1) is 31.3 Å². The van der Waals surface area contributed by atoms with Crippen molar-refractivity contribution in [2.75, 3.05) is 0 Å². The first kappa shape index (κ1) is 26.9. The molecule has 6 heteroatoms. The van der Waals surface area contributed by atoms with Gasteiger partial charge < -0.3 is 14.4 Å². The Labute approximate surface area is 283 Å². The van der Waals surface area contributed by atoms with Crippen molar-refractivity contribution >= 4 is 30.1 Å². The van der Waals surface area contributed by atoms with Gasteiger partial charge in [0.25, 0.3) is 0 Å². The molecule has 0 saturated carbocycles. The number of benzene rings is 2. The summed E-state index contributed by atoms with van der Waals surface area (Å²) in [6.45, 7) is 12.5. The van der Waals surface area contributed by atoms with Crippen LogP contribution in [0.2, 0.25) is 19.6 Å². The third kappa shape index (κ3) is 8.59. The van der Waals surface area contributed by atoms with Crippen LogP contribution >= 0.6 is 0 Å². The van der Waals surface area contributed by atoms with Crippen LogP contribution < -0.4 is 0 Å². The van der Waals surface area contributed by atoms with E-state index < -0.39 is 26.7 Å². The van der Waals surface area contributed by atoms with E-state index in [2.05, 4.69) is 77.9 Å². The Morgan fingerprint density at radius 3 is 2.39 bits per heavy atom. The molecule has 0 spiro atoms. The molecule has 4 nitrogen and oxygen atoms in total. The van der Waals surface area contributed by atoms with Crippen molar-refractivity contribution in [1.29, 1.82) is 0 Å². The molecule has 0 aliphatic rings. The second-order valence-electron chi connectivity index (χ2n) is 13.1. The van der Waals surface area contributed by atoms with Gasteiger partial charge in [0.15, 0.2) is 0 Å². The van der Waals surface area contributed by atoms with Crippen molar-refractivity contribution in [3.63, 3.8) is 0 Å². The zero-order chi connectivity index (χ0) is 35.1. The summed E-state index contributed by atoms with van der Waals surface area (Å²) in [7, 11) is -1.05. The van der Waals surface area contributed by atoms with Crippen molar-refractivity contribution in [2.24, 2.45) is 5.41 Å². The first-order valence-electron chi connectivity index (χ1n) is 17.0. The molecule has 0 aliphatic carbocycles. The Bertz CT molecular complexity index is 2050. The molecule has 0 bridgehead atoms. The maximum atomic E-state index is 8.55. The normalized spacial score (nSPS) is 13.9. The first-order valence-corrected chi connectivity index (χ1v) is 18.2. The minimum Gasteiger partial charge on any atom is -0.486 e. The van der Waals surface area contributed by atoms with E-state index in [0.717, 1.165) is 16.6 Å². The fraction of sp³-hybridized carbons (Fsp3) is 0.289. The maximum absolute atomic E-state index is 8.55. The fourth-order valence-electron chi connectivity index (χ4n) is 4.85. The topological polar surface area (TPSA) is 51.8 Å². The van der Waals surface area contributed by atoms with E-state index >= 15 is 0 Å². The molecule has 229 valence electrons. The van der Waals surface area contributed by atoms with Gasteiger partial charge in [-0.05, 0) is 59.8 Å². The van der Waals surface area contributed by atoms with Gasteiger partial charge in [-0.3, -0.25) is 0 Å². The van der Waals surface area contributed by atoms with Gasteiger partial charge in [0.05, 0.1) is 5.58 Å². The van der Waals surface area contributed by atoms with Gasteiger partial charge in [-0.25, -0.2) is 4.98 Å². The van der Waals surface area contributed by atoms with Crippen molar-refractivity contribution in [1.82, 2.24) is 15.0 Å². The summed E-state index contributed by atoms with van der Waals surface area (Å²) in [5.74, 6) is 0. The van der Waals surface area contributed by atoms with Crippen molar-refractivity contribution in [2.45, 2.75) is 66.6 Å². The van der Waals surface area contributed by atoms with E-state index in [1.165, 1.54) is 23.2 Å². The van der Waals surface area contributed by atoms with Crippen LogP contribution in [0.5, 0.6) is 0 Å². The molecule has 0 aliphatic heterocycles. The first-order chi connectivity index (χ1) is 22.3. The number of aromatic nitrogens is 3. The molecule has 0 atom stereocenters. The number of aryl methyl sites for hydroxylation is 2. The van der Waals surface area contributed by atoms with Gasteiger partial charge in [-0.15, -0.1) is 53.6 Å². The van der Waals surface area contributed by atoms with E-state index in [4.69, 9.17) is 11.3 Å². The molecule has 0 fully saturated rings. The largest absolute Gasteiger partial charge is 0.486 e. The molecule has 0 amide bonds. The van der Waals surface area contributed by atoms with Crippen LogP contribution in [0.3, 0.4) is 0 Å². The molecule has 2 aromatic carbocycles. The van der Waals surface area contributed by atoms with Crippen LogP contribution in [-0.4, -0.2) is 23.0 Å². The van der Waals surface area contributed by atoms with Crippen LogP contribution in [0.25, 0.3) is 44.6 Å². The van der Waals surface area contributed by atoms with E-state index in [9.17, 15) is 0 Å². The zero-order valence-corrected chi connectivity index (χ0v) is 29.7. The Morgan fingerprint density at radius 1 is 0.909 bits per heavy atom. The third-order valence-corrected chi connectivity index (χ3v) is 8.11. The molecular weight excluding hydrogens is 735 g/mol. The van der Waals surface area contributed by atoms with Gasteiger partial charge in [-0.2, -0.15) is 0 Å². The van der Waals surface area contributed by atoms with E-state index in [1.807, 2.05) is 39.1 Å². The van der Waals surface area contributed by atoms with Gasteiger partial charge in [0.2, 0.25) is 5.71 Å². The Balaban J connectivity index is 0.000000244. The smallest absolute Gasteiger partial charge is 0.216 e. The minimum absolute atomic E-state index is 0. The predicted octanol–water partition coefficient (Wildman–Crippen LogP) is 10.0. The number of rotatable bonds is 5. The quantitative estimate of drug-likeness (QED) is 0.129. The molecule has 6 aromatic rings. The Hall–Kier alpha value is -3.44. The van der Waals surface area contributed by atoms with E-state index in [-0.39, 0.29) is 31.5 Å². The van der Waals surface area contributed by atoms with Gasteiger partial charge in [0, 0.05) is 58.5 Å². The molecule has 0 unspecified atom stereocenters. The number of furan rings is 1. The predicted molar refractivity (Wildman–Crippen MR) is 182 cm³/mol. The Kier molecular flexibility index (Phi) is 8.37. The SMILES string of the molecule is Cc1c[c-]c(-c2ccc(C[Si](C)(C)C)cn2)cc1.[2H]C([2H])([2H])c1ccc2c(n1)oc1c(-c3cc(C([2H])([2H])C(C)(C)C)ccn3)[c-]ccc12.[Ir]. The summed E-state index contributed by atoms with van der Waals surface area (Å²) in [5, 5.41) is 1.48. The van der Waals surface area contributed by atoms with Crippen LogP contribution in [0.4, 0.5) is 0 Å². The average molecular weight is 781 g/mol. The summed E-state index contributed by atoms with van der Waals surface area (Å²) in [6.07, 6.45) is 2.03. The number of fused-ring (bicyclic) bond motifs is 3. The molecule has 6 rings (SSSR count). The summed E-state index contributed by atoms with van der Waals surface area (Å²) in [6, 6.07) is 28.2. The molecule has 4 heterocycles. The summed E-state index contributed by atoms with van der Waals surface area (Å²) < 4.78 is 45.8. The third-order valence-electron chi connectivity index (χ3n) is 6.64. The van der Waals surface area contributed by atoms with Gasteiger partial charge in [0.1, 0.15) is 0 Å². The maximum Gasteiger partial charge on any atom is 0.216 e. The van der Waals surface area contributed by atoms with Crippen LogP contribution in [-0.2, 0) is 32.5 Å². The summed E-state index contributed by atoms with van der Waals surface area (Å²) in [4.78, 5) is 13.2. The number of pyridine rings is 3. The summed E-state index contributed by atoms with van der Waals surface area (Å²) >= 11 is 0. The number of hydrogen-bond donors (Lipinski definition) is 0. The van der Waals surface area contributed by atoms with Gasteiger partial charge in [-0.1, -0.05) is 82.0 Å². The number of hydrogen-bond acceptors (Lipinski definition) is 4. The molecule has 0 saturated heterocycles. The van der Waals surface area contributed by atoms with E-state index in [0.29, 0.717) is 27.8 Å². The van der Waals surface area contributed by atoms with Crippen LogP contribution in [0.15, 0.2) is 83.5 Å². The van der Waals surface area contributed by atoms with Crippen molar-refractivity contribution < 1.29 is 31.4 Å². The van der Waals surface area contributed by atoms with Crippen LogP contribution in [0.1, 0.15) is 50.0 Å². The number of nitrogens with zero attached hydrogens (tertiary/aromatic N) is 3. The molecule has 1 radical (unpaired) electrons. The molecule has 44 heavy (non-hydrogen) atoms. The summed E-state index contributed by atoms with van der Waals surface area (Å²) in [5.41, 5.74) is 6.38. The monoisotopic (exact) mass is 781 g/mol. The fourth-order valence-corrected chi connectivity index (χ4v) is 6.29. The second kappa shape index (κ2) is 13.7.